The Kier molecular flexibility index (Phi) is 4.02. The van der Waals surface area contributed by atoms with Crippen molar-refractivity contribution < 1.29 is 4.79 Å². The van der Waals surface area contributed by atoms with Gasteiger partial charge in [-0.1, -0.05) is 37.9 Å². The first-order valence-corrected chi connectivity index (χ1v) is 7.14. The molecule has 0 bridgehead atoms. The first kappa shape index (κ1) is 12.8. The highest BCUT2D eigenvalue weighted by Gasteiger charge is 2.46. The van der Waals surface area contributed by atoms with E-state index >= 15 is 0 Å². The lowest BCUT2D eigenvalue weighted by molar-refractivity contribution is -0.131. The first-order chi connectivity index (χ1) is 8.15. The van der Waals surface area contributed by atoms with E-state index < -0.39 is 5.41 Å². The van der Waals surface area contributed by atoms with E-state index in [0.717, 1.165) is 25.8 Å². The molecule has 3 N–H and O–H groups in total. The highest BCUT2D eigenvalue weighted by Crippen LogP contribution is 2.41. The molecule has 4 heteroatoms. The minimum atomic E-state index is -0.510. The van der Waals surface area contributed by atoms with Crippen molar-refractivity contribution in [1.82, 2.24) is 5.32 Å². The van der Waals surface area contributed by atoms with Gasteiger partial charge in [-0.3, -0.25) is 4.79 Å². The number of amides is 1. The van der Waals surface area contributed by atoms with Gasteiger partial charge in [-0.25, -0.2) is 0 Å². The molecule has 96 valence electrons. The topological polar surface area (TPSA) is 55.1 Å². The molecule has 2 rings (SSSR count). The van der Waals surface area contributed by atoms with Crippen LogP contribution < -0.4 is 11.1 Å². The number of carbonyl (C=O) groups excluding carboxylic acids is 1. The highest BCUT2D eigenvalue weighted by molar-refractivity contribution is 7.80. The predicted molar refractivity (Wildman–Crippen MR) is 72.7 cm³/mol. The predicted octanol–water partition coefficient (Wildman–Crippen LogP) is 2.14. The average molecular weight is 254 g/mol. The van der Waals surface area contributed by atoms with Crippen molar-refractivity contribution in [3.8, 4) is 0 Å². The van der Waals surface area contributed by atoms with Crippen LogP contribution in [0.4, 0.5) is 0 Å². The van der Waals surface area contributed by atoms with E-state index in [1.54, 1.807) is 0 Å². The van der Waals surface area contributed by atoms with E-state index in [-0.39, 0.29) is 5.91 Å². The van der Waals surface area contributed by atoms with Crippen LogP contribution in [0.5, 0.6) is 0 Å². The van der Waals surface area contributed by atoms with Gasteiger partial charge in [0.05, 0.1) is 10.4 Å². The number of rotatable bonds is 4. The number of hydrogen-bond donors (Lipinski definition) is 2. The molecule has 2 saturated carbocycles. The molecule has 0 radical (unpaired) electrons. The summed E-state index contributed by atoms with van der Waals surface area (Å²) in [5.41, 5.74) is 5.20. The third kappa shape index (κ3) is 2.62. The van der Waals surface area contributed by atoms with Crippen molar-refractivity contribution in [2.24, 2.45) is 17.1 Å². The lowest BCUT2D eigenvalue weighted by Gasteiger charge is -2.39. The Hall–Kier alpha value is -0.640. The second-order valence-corrected chi connectivity index (χ2v) is 5.95. The zero-order valence-corrected chi connectivity index (χ0v) is 11.2. The van der Waals surface area contributed by atoms with E-state index in [1.807, 2.05) is 0 Å². The summed E-state index contributed by atoms with van der Waals surface area (Å²) in [5.74, 6) is 0.734. The molecule has 0 unspecified atom stereocenters. The van der Waals surface area contributed by atoms with Gasteiger partial charge in [0.1, 0.15) is 0 Å². The Morgan fingerprint density at radius 2 is 1.88 bits per heavy atom. The van der Waals surface area contributed by atoms with Crippen LogP contribution >= 0.6 is 12.2 Å². The number of hydrogen-bond acceptors (Lipinski definition) is 2. The van der Waals surface area contributed by atoms with Crippen molar-refractivity contribution in [1.29, 1.82) is 0 Å². The van der Waals surface area contributed by atoms with Crippen LogP contribution in [0.2, 0.25) is 0 Å². The van der Waals surface area contributed by atoms with Crippen molar-refractivity contribution in [2.45, 2.75) is 51.4 Å². The largest absolute Gasteiger partial charge is 0.392 e. The van der Waals surface area contributed by atoms with Crippen LogP contribution in [0.1, 0.15) is 51.4 Å². The maximum atomic E-state index is 12.2. The molecule has 0 heterocycles. The van der Waals surface area contributed by atoms with Crippen LogP contribution in [0.15, 0.2) is 0 Å². The van der Waals surface area contributed by atoms with Gasteiger partial charge in [-0.2, -0.15) is 0 Å². The minimum absolute atomic E-state index is 0.0711. The molecule has 0 aromatic heterocycles. The van der Waals surface area contributed by atoms with Gasteiger partial charge in [-0.15, -0.1) is 0 Å². The van der Waals surface area contributed by atoms with Crippen molar-refractivity contribution >= 4 is 23.1 Å². The van der Waals surface area contributed by atoms with Crippen molar-refractivity contribution in [2.75, 3.05) is 6.54 Å². The van der Waals surface area contributed by atoms with Gasteiger partial charge in [-0.05, 0) is 31.6 Å². The Bertz CT molecular complexity index is 307. The minimum Gasteiger partial charge on any atom is -0.392 e. The number of carbonyl (C=O) groups is 1. The number of nitrogens with two attached hydrogens (primary N) is 1. The number of thiocarbonyl (C=S) groups is 1. The molecule has 1 amide bonds. The summed E-state index contributed by atoms with van der Waals surface area (Å²) < 4.78 is 0. The Labute approximate surface area is 109 Å². The monoisotopic (exact) mass is 254 g/mol. The Morgan fingerprint density at radius 3 is 2.35 bits per heavy atom. The second kappa shape index (κ2) is 5.34. The smallest absolute Gasteiger partial charge is 0.233 e. The summed E-state index contributed by atoms with van der Waals surface area (Å²) in [6, 6.07) is 0. The van der Waals surface area contributed by atoms with Crippen LogP contribution in [-0.4, -0.2) is 17.4 Å². The molecular weight excluding hydrogens is 232 g/mol. The fraction of sp³-hybridized carbons (Fsp3) is 0.846. The van der Waals surface area contributed by atoms with Crippen LogP contribution in [-0.2, 0) is 4.79 Å². The average Bonchev–Trinajstić information content (AvgIpc) is 2.25. The van der Waals surface area contributed by atoms with Gasteiger partial charge in [0, 0.05) is 6.54 Å². The fourth-order valence-corrected chi connectivity index (χ4v) is 3.21. The zero-order chi connectivity index (χ0) is 12.3. The summed E-state index contributed by atoms with van der Waals surface area (Å²) in [5, 5.41) is 3.07. The van der Waals surface area contributed by atoms with E-state index in [0.29, 0.717) is 10.9 Å². The van der Waals surface area contributed by atoms with Gasteiger partial charge in [0.25, 0.3) is 0 Å². The molecule has 0 aromatic carbocycles. The molecule has 2 aliphatic carbocycles. The van der Waals surface area contributed by atoms with Crippen LogP contribution in [0.25, 0.3) is 0 Å². The third-order valence-electron chi connectivity index (χ3n) is 4.39. The van der Waals surface area contributed by atoms with Gasteiger partial charge in [0.2, 0.25) is 5.91 Å². The normalized spacial score (nSPS) is 23.8. The zero-order valence-electron chi connectivity index (χ0n) is 10.3. The van der Waals surface area contributed by atoms with E-state index in [1.165, 1.54) is 32.1 Å². The van der Waals surface area contributed by atoms with E-state index in [4.69, 9.17) is 18.0 Å². The lowest BCUT2D eigenvalue weighted by Crippen LogP contribution is -2.53. The molecule has 0 aromatic rings. The molecular formula is C13H22N2OS. The second-order valence-electron chi connectivity index (χ2n) is 5.51. The quantitative estimate of drug-likeness (QED) is 0.756. The number of nitrogens with one attached hydrogen (secondary N) is 1. The lowest BCUT2D eigenvalue weighted by atomic mass is 9.68. The molecule has 0 spiro atoms. The van der Waals surface area contributed by atoms with Gasteiger partial charge in [0.15, 0.2) is 0 Å². The summed E-state index contributed by atoms with van der Waals surface area (Å²) in [6.45, 7) is 0.809. The SMILES string of the molecule is NC(=S)C1(C(=O)NCC2CCCCC2)CCC1. The molecule has 17 heavy (non-hydrogen) atoms. The van der Waals surface area contributed by atoms with Crippen LogP contribution in [0, 0.1) is 11.3 Å². The Morgan fingerprint density at radius 1 is 1.24 bits per heavy atom. The summed E-state index contributed by atoms with van der Waals surface area (Å²) in [6.07, 6.45) is 9.19. The molecule has 0 atom stereocenters. The van der Waals surface area contributed by atoms with Crippen molar-refractivity contribution in [3.63, 3.8) is 0 Å². The maximum Gasteiger partial charge on any atom is 0.233 e. The van der Waals surface area contributed by atoms with Crippen LogP contribution in [0.3, 0.4) is 0 Å². The van der Waals surface area contributed by atoms with Crippen molar-refractivity contribution in [3.05, 3.63) is 0 Å². The molecule has 3 nitrogen and oxygen atoms in total. The summed E-state index contributed by atoms with van der Waals surface area (Å²) in [7, 11) is 0. The molecule has 2 fully saturated rings. The molecule has 2 aliphatic rings. The fourth-order valence-electron chi connectivity index (χ4n) is 2.91. The standard InChI is InChI=1S/C13H22N2OS/c14-11(17)13(7-4-8-13)12(16)15-9-10-5-2-1-3-6-10/h10H,1-9H2,(H2,14,17)(H,15,16). The molecule has 0 aliphatic heterocycles. The van der Waals surface area contributed by atoms with E-state index in [2.05, 4.69) is 5.32 Å². The van der Waals surface area contributed by atoms with Gasteiger partial charge >= 0.3 is 0 Å². The van der Waals surface area contributed by atoms with E-state index in [9.17, 15) is 4.79 Å². The van der Waals surface area contributed by atoms with Gasteiger partial charge < -0.3 is 11.1 Å². The third-order valence-corrected chi connectivity index (χ3v) is 4.78. The first-order valence-electron chi connectivity index (χ1n) is 6.73. The maximum absolute atomic E-state index is 12.2. The Balaban J connectivity index is 1.82. The molecule has 0 saturated heterocycles. The summed E-state index contributed by atoms with van der Waals surface area (Å²) in [4.78, 5) is 12.5. The highest BCUT2D eigenvalue weighted by atomic mass is 32.1. The summed E-state index contributed by atoms with van der Waals surface area (Å²) >= 11 is 5.04.